The first-order valence-corrected chi connectivity index (χ1v) is 9.24. The molecule has 7 nitrogen and oxygen atoms in total. The Morgan fingerprint density at radius 1 is 1.45 bits per heavy atom. The van der Waals surface area contributed by atoms with Gasteiger partial charge < -0.3 is 10.0 Å². The zero-order valence-electron chi connectivity index (χ0n) is 11.7. The first-order valence-electron chi connectivity index (χ1n) is 6.20. The number of nitrogens with one attached hydrogen (secondary N) is 1. The number of carbonyl (C=O) groups is 2. The fraction of sp³-hybridized carbons (Fsp3) is 0.818. The fourth-order valence-electron chi connectivity index (χ4n) is 1.99. The van der Waals surface area contributed by atoms with Crippen molar-refractivity contribution < 1.29 is 23.1 Å². The zero-order chi connectivity index (χ0) is 15.5. The van der Waals surface area contributed by atoms with E-state index in [2.05, 4.69) is 4.72 Å². The average molecular weight is 324 g/mol. The zero-order valence-corrected chi connectivity index (χ0v) is 13.3. The number of carbonyl (C=O) groups excluding carboxylic acids is 1. The number of thioether (sulfide) groups is 1. The SMILES string of the molecule is CC(C)CC(NS(C)(=O)=O)C(=O)N1CSCC1C(=O)O. The van der Waals surface area contributed by atoms with Gasteiger partial charge in [0.25, 0.3) is 0 Å². The molecule has 2 N–H and O–H groups in total. The van der Waals surface area contributed by atoms with Gasteiger partial charge in [-0.2, -0.15) is 0 Å². The molecule has 20 heavy (non-hydrogen) atoms. The summed E-state index contributed by atoms with van der Waals surface area (Å²) in [6.45, 7) is 3.75. The van der Waals surface area contributed by atoms with Crippen molar-refractivity contribution in [2.24, 2.45) is 5.92 Å². The van der Waals surface area contributed by atoms with Crippen LogP contribution in [0.15, 0.2) is 0 Å². The highest BCUT2D eigenvalue weighted by molar-refractivity contribution is 7.99. The quantitative estimate of drug-likeness (QED) is 0.709. The summed E-state index contributed by atoms with van der Waals surface area (Å²) in [4.78, 5) is 24.7. The van der Waals surface area contributed by atoms with E-state index >= 15 is 0 Å². The molecular formula is C11H20N2O5S2. The highest BCUT2D eigenvalue weighted by Crippen LogP contribution is 2.23. The molecule has 9 heteroatoms. The van der Waals surface area contributed by atoms with Crippen LogP contribution >= 0.6 is 11.8 Å². The summed E-state index contributed by atoms with van der Waals surface area (Å²) in [6, 6.07) is -1.80. The normalized spacial score (nSPS) is 21.2. The van der Waals surface area contributed by atoms with Gasteiger partial charge in [-0.1, -0.05) is 13.8 Å². The van der Waals surface area contributed by atoms with Crippen molar-refractivity contribution >= 4 is 33.7 Å². The smallest absolute Gasteiger partial charge is 0.327 e. The molecule has 1 aliphatic rings. The molecule has 0 saturated carbocycles. The van der Waals surface area contributed by atoms with Crippen molar-refractivity contribution in [1.82, 2.24) is 9.62 Å². The standard InChI is InChI=1S/C11H20N2O5S2/c1-7(2)4-8(12-20(3,17)18)10(14)13-6-19-5-9(13)11(15)16/h7-9,12H,4-6H2,1-3H3,(H,15,16). The van der Waals surface area contributed by atoms with E-state index in [4.69, 9.17) is 5.11 Å². The second kappa shape index (κ2) is 6.77. The van der Waals surface area contributed by atoms with Crippen LogP contribution in [0.3, 0.4) is 0 Å². The van der Waals surface area contributed by atoms with Crippen LogP contribution in [0.2, 0.25) is 0 Å². The summed E-state index contributed by atoms with van der Waals surface area (Å²) in [6.07, 6.45) is 1.32. The molecule has 1 fully saturated rings. The van der Waals surface area contributed by atoms with E-state index in [0.717, 1.165) is 6.26 Å². The van der Waals surface area contributed by atoms with Crippen LogP contribution in [0.5, 0.6) is 0 Å². The molecule has 1 heterocycles. The Balaban J connectivity index is 2.89. The van der Waals surface area contributed by atoms with Crippen LogP contribution in [0, 0.1) is 5.92 Å². The van der Waals surface area contributed by atoms with Gasteiger partial charge in [-0.3, -0.25) is 4.79 Å². The van der Waals surface area contributed by atoms with Crippen molar-refractivity contribution in [3.63, 3.8) is 0 Å². The first kappa shape index (κ1) is 17.3. The lowest BCUT2D eigenvalue weighted by Gasteiger charge is -2.27. The second-order valence-corrected chi connectivity index (χ2v) is 8.01. The lowest BCUT2D eigenvalue weighted by molar-refractivity contribution is -0.148. The van der Waals surface area contributed by atoms with Crippen LogP contribution in [-0.2, 0) is 19.6 Å². The molecule has 0 radical (unpaired) electrons. The number of rotatable bonds is 6. The van der Waals surface area contributed by atoms with E-state index in [0.29, 0.717) is 12.2 Å². The highest BCUT2D eigenvalue weighted by Gasteiger charge is 2.38. The lowest BCUT2D eigenvalue weighted by Crippen LogP contribution is -2.52. The number of carboxylic acid groups (broad SMARTS) is 1. The Hall–Kier alpha value is -0.800. The molecule has 2 unspecified atom stereocenters. The van der Waals surface area contributed by atoms with Crippen LogP contribution in [0.4, 0.5) is 0 Å². The average Bonchev–Trinajstić information content (AvgIpc) is 2.73. The Morgan fingerprint density at radius 2 is 2.05 bits per heavy atom. The van der Waals surface area contributed by atoms with Gasteiger partial charge in [-0.15, -0.1) is 11.8 Å². The number of carboxylic acids is 1. The van der Waals surface area contributed by atoms with Crippen molar-refractivity contribution in [2.75, 3.05) is 17.9 Å². The second-order valence-electron chi connectivity index (χ2n) is 5.23. The van der Waals surface area contributed by atoms with Gasteiger partial charge >= 0.3 is 5.97 Å². The van der Waals surface area contributed by atoms with Gasteiger partial charge in [-0.25, -0.2) is 17.9 Å². The van der Waals surface area contributed by atoms with Crippen LogP contribution in [-0.4, -0.2) is 60.3 Å². The van der Waals surface area contributed by atoms with E-state index in [1.165, 1.54) is 16.7 Å². The van der Waals surface area contributed by atoms with Gasteiger partial charge in [0.2, 0.25) is 15.9 Å². The van der Waals surface area contributed by atoms with Crippen LogP contribution in [0.1, 0.15) is 20.3 Å². The van der Waals surface area contributed by atoms with Gasteiger partial charge in [0.1, 0.15) is 12.1 Å². The molecule has 1 rings (SSSR count). The van der Waals surface area contributed by atoms with Gasteiger partial charge in [0.15, 0.2) is 0 Å². The predicted octanol–water partition coefficient (Wildman–Crippen LogP) is -0.0636. The van der Waals surface area contributed by atoms with E-state index in [1.54, 1.807) is 0 Å². The van der Waals surface area contributed by atoms with Gasteiger partial charge in [0, 0.05) is 5.75 Å². The minimum Gasteiger partial charge on any atom is -0.480 e. The summed E-state index contributed by atoms with van der Waals surface area (Å²) in [5.74, 6) is -0.825. The van der Waals surface area contributed by atoms with Crippen LogP contribution in [0.25, 0.3) is 0 Å². The lowest BCUT2D eigenvalue weighted by atomic mass is 10.0. The molecule has 1 amide bonds. The Labute approximate surface area is 123 Å². The summed E-state index contributed by atoms with van der Waals surface area (Å²) in [5, 5.41) is 9.08. The molecule has 0 aromatic heterocycles. The number of hydrogen-bond donors (Lipinski definition) is 2. The maximum absolute atomic E-state index is 12.4. The van der Waals surface area contributed by atoms with Crippen molar-refractivity contribution in [3.8, 4) is 0 Å². The molecule has 0 aromatic carbocycles. The Kier molecular flexibility index (Phi) is 5.84. The third-order valence-corrected chi connectivity index (χ3v) is 4.54. The summed E-state index contributed by atoms with van der Waals surface area (Å²) < 4.78 is 25.0. The van der Waals surface area contributed by atoms with Crippen molar-refractivity contribution in [1.29, 1.82) is 0 Å². The van der Waals surface area contributed by atoms with Crippen LogP contribution < -0.4 is 4.72 Å². The molecule has 0 spiro atoms. The maximum Gasteiger partial charge on any atom is 0.327 e. The number of aliphatic carboxylic acids is 1. The monoisotopic (exact) mass is 324 g/mol. The fourth-order valence-corrected chi connectivity index (χ4v) is 3.86. The molecule has 0 aliphatic carbocycles. The number of amides is 1. The highest BCUT2D eigenvalue weighted by atomic mass is 32.2. The number of nitrogens with zero attached hydrogens (tertiary/aromatic N) is 1. The molecule has 1 saturated heterocycles. The minimum absolute atomic E-state index is 0.108. The largest absolute Gasteiger partial charge is 0.480 e. The van der Waals surface area contributed by atoms with Crippen molar-refractivity contribution in [3.05, 3.63) is 0 Å². The number of sulfonamides is 1. The van der Waals surface area contributed by atoms with E-state index < -0.39 is 34.0 Å². The molecule has 0 aromatic rings. The minimum atomic E-state index is -3.53. The Bertz CT molecular complexity index is 477. The molecular weight excluding hydrogens is 304 g/mol. The van der Waals surface area contributed by atoms with Crippen molar-refractivity contribution in [2.45, 2.75) is 32.4 Å². The summed E-state index contributed by atoms with van der Waals surface area (Å²) >= 11 is 1.35. The molecule has 1 aliphatic heterocycles. The molecule has 116 valence electrons. The van der Waals surface area contributed by atoms with E-state index in [1.807, 2.05) is 13.8 Å². The maximum atomic E-state index is 12.4. The third-order valence-electron chi connectivity index (χ3n) is 2.81. The Morgan fingerprint density at radius 3 is 2.50 bits per heavy atom. The number of hydrogen-bond acceptors (Lipinski definition) is 5. The molecule has 2 atom stereocenters. The topological polar surface area (TPSA) is 104 Å². The van der Waals surface area contributed by atoms with E-state index in [-0.39, 0.29) is 11.8 Å². The summed E-state index contributed by atoms with van der Waals surface area (Å²) in [5.41, 5.74) is 0. The summed E-state index contributed by atoms with van der Waals surface area (Å²) in [7, 11) is -3.53. The molecule has 0 bridgehead atoms. The van der Waals surface area contributed by atoms with Gasteiger partial charge in [-0.05, 0) is 12.3 Å². The third kappa shape index (κ3) is 4.95. The van der Waals surface area contributed by atoms with E-state index in [9.17, 15) is 18.0 Å². The predicted molar refractivity (Wildman–Crippen MR) is 76.8 cm³/mol. The first-order chi connectivity index (χ1) is 9.11. The van der Waals surface area contributed by atoms with Gasteiger partial charge in [0.05, 0.1) is 12.1 Å².